The Bertz CT molecular complexity index is 1030. The van der Waals surface area contributed by atoms with Crippen molar-refractivity contribution >= 4 is 5.91 Å². The van der Waals surface area contributed by atoms with Gasteiger partial charge in [-0.2, -0.15) is 18.4 Å². The lowest BCUT2D eigenvalue weighted by atomic mass is 9.89. The van der Waals surface area contributed by atoms with Crippen molar-refractivity contribution in [1.82, 2.24) is 4.90 Å². The lowest BCUT2D eigenvalue weighted by Crippen LogP contribution is -2.37. The van der Waals surface area contributed by atoms with E-state index in [2.05, 4.69) is 0 Å². The molecule has 164 valence electrons. The third kappa shape index (κ3) is 4.46. The van der Waals surface area contributed by atoms with Crippen molar-refractivity contribution in [3.8, 4) is 17.6 Å². The van der Waals surface area contributed by atoms with Crippen LogP contribution >= 0.6 is 0 Å². The summed E-state index contributed by atoms with van der Waals surface area (Å²) in [6.07, 6.45) is -5.67. The highest BCUT2D eigenvalue weighted by Gasteiger charge is 2.49. The molecule has 8 heteroatoms. The molecule has 1 saturated heterocycles. The molecule has 3 rings (SSSR count). The number of hydrogen-bond acceptors (Lipinski definition) is 4. The summed E-state index contributed by atoms with van der Waals surface area (Å²) in [6, 6.07) is 11.7. The van der Waals surface area contributed by atoms with E-state index in [1.54, 1.807) is 18.1 Å². The van der Waals surface area contributed by atoms with Gasteiger partial charge >= 0.3 is 6.18 Å². The molecule has 1 heterocycles. The van der Waals surface area contributed by atoms with Crippen molar-refractivity contribution in [2.75, 3.05) is 13.7 Å². The molecule has 0 bridgehead atoms. The van der Waals surface area contributed by atoms with Gasteiger partial charge in [-0.1, -0.05) is 26.0 Å². The molecular weight excluding hydrogens is 409 g/mol. The SMILES string of the molecule is COc1cccc([C@@H](C)N2CC(C)(C)[C@H](Oc3ccc(C#N)c(C(F)(F)F)c3)C2=O)c1. The summed E-state index contributed by atoms with van der Waals surface area (Å²) < 4.78 is 50.9. The van der Waals surface area contributed by atoms with E-state index in [0.29, 0.717) is 12.3 Å². The number of hydrogen-bond donors (Lipinski definition) is 0. The highest BCUT2D eigenvalue weighted by Crippen LogP contribution is 2.40. The molecule has 0 aromatic heterocycles. The second kappa shape index (κ2) is 8.14. The fourth-order valence-corrected chi connectivity index (χ4v) is 3.77. The number of benzene rings is 2. The minimum Gasteiger partial charge on any atom is -0.497 e. The second-order valence-corrected chi connectivity index (χ2v) is 8.22. The number of carbonyl (C=O) groups is 1. The van der Waals surface area contributed by atoms with E-state index in [4.69, 9.17) is 14.7 Å². The Morgan fingerprint density at radius 1 is 1.19 bits per heavy atom. The smallest absolute Gasteiger partial charge is 0.417 e. The number of ether oxygens (including phenoxy) is 2. The molecule has 0 N–H and O–H groups in total. The Morgan fingerprint density at radius 3 is 2.52 bits per heavy atom. The molecule has 1 amide bonds. The Labute approximate surface area is 179 Å². The van der Waals surface area contributed by atoms with Crippen molar-refractivity contribution in [1.29, 1.82) is 5.26 Å². The fraction of sp³-hybridized carbons (Fsp3) is 0.391. The first-order chi connectivity index (χ1) is 14.5. The zero-order valence-electron chi connectivity index (χ0n) is 17.7. The van der Waals surface area contributed by atoms with Crippen molar-refractivity contribution in [3.63, 3.8) is 0 Å². The third-order valence-corrected chi connectivity index (χ3v) is 5.51. The van der Waals surface area contributed by atoms with Crippen molar-refractivity contribution in [2.24, 2.45) is 5.41 Å². The molecule has 2 atom stereocenters. The predicted molar refractivity (Wildman–Crippen MR) is 107 cm³/mol. The monoisotopic (exact) mass is 432 g/mol. The standard InChI is InChI=1S/C23H23F3N2O3/c1-14(15-6-5-7-17(10-15)30-4)28-13-22(2,3)20(21(28)29)31-18-9-8-16(12-27)19(11-18)23(24,25)26/h5-11,14,20H,13H2,1-4H3/t14-,20-/m1/s1. The van der Waals surface area contributed by atoms with E-state index in [-0.39, 0.29) is 17.7 Å². The van der Waals surface area contributed by atoms with Crippen molar-refractivity contribution in [3.05, 3.63) is 59.2 Å². The number of nitrogens with zero attached hydrogens (tertiary/aromatic N) is 2. The number of nitriles is 1. The molecule has 1 aliphatic heterocycles. The molecule has 0 aliphatic carbocycles. The van der Waals surface area contributed by atoms with Crippen molar-refractivity contribution in [2.45, 2.75) is 39.1 Å². The summed E-state index contributed by atoms with van der Waals surface area (Å²) in [7, 11) is 1.56. The molecule has 2 aromatic carbocycles. The normalized spacial score (nSPS) is 19.1. The second-order valence-electron chi connectivity index (χ2n) is 8.22. The average molecular weight is 432 g/mol. The van der Waals surface area contributed by atoms with E-state index in [1.807, 2.05) is 39.0 Å². The number of amides is 1. The largest absolute Gasteiger partial charge is 0.497 e. The molecule has 2 aromatic rings. The van der Waals surface area contributed by atoms with Crippen LogP contribution in [0.2, 0.25) is 0 Å². The Kier molecular flexibility index (Phi) is 5.90. The summed E-state index contributed by atoms with van der Waals surface area (Å²) >= 11 is 0. The molecule has 0 radical (unpaired) electrons. The molecular formula is C23H23F3N2O3. The highest BCUT2D eigenvalue weighted by molar-refractivity contribution is 5.85. The van der Waals surface area contributed by atoms with Gasteiger partial charge < -0.3 is 14.4 Å². The maximum absolute atomic E-state index is 13.3. The van der Waals surface area contributed by atoms with E-state index in [0.717, 1.165) is 17.7 Å². The molecule has 1 fully saturated rings. The Hall–Kier alpha value is -3.21. The van der Waals surface area contributed by atoms with Gasteiger partial charge in [0.15, 0.2) is 6.10 Å². The van der Waals surface area contributed by atoms with Gasteiger partial charge in [0.2, 0.25) is 0 Å². The third-order valence-electron chi connectivity index (χ3n) is 5.51. The van der Waals surface area contributed by atoms with Crippen LogP contribution in [0.1, 0.15) is 43.5 Å². The van der Waals surface area contributed by atoms with E-state index < -0.39 is 28.8 Å². The first-order valence-electron chi connectivity index (χ1n) is 9.70. The van der Waals surface area contributed by atoms with Crippen LogP contribution < -0.4 is 9.47 Å². The van der Waals surface area contributed by atoms with Gasteiger partial charge in [0, 0.05) is 12.0 Å². The van der Waals surface area contributed by atoms with Gasteiger partial charge in [0.05, 0.1) is 30.3 Å². The van der Waals surface area contributed by atoms with Crippen LogP contribution in [0.3, 0.4) is 0 Å². The molecule has 0 saturated carbocycles. The molecule has 1 aliphatic rings. The first-order valence-corrected chi connectivity index (χ1v) is 9.70. The van der Waals surface area contributed by atoms with Crippen LogP contribution in [0.25, 0.3) is 0 Å². The minimum atomic E-state index is -4.70. The van der Waals surface area contributed by atoms with Crippen LogP contribution in [-0.2, 0) is 11.0 Å². The maximum Gasteiger partial charge on any atom is 0.417 e. The fourth-order valence-electron chi connectivity index (χ4n) is 3.77. The van der Waals surface area contributed by atoms with Crippen molar-refractivity contribution < 1.29 is 27.4 Å². The molecule has 31 heavy (non-hydrogen) atoms. The van der Waals surface area contributed by atoms with Crippen LogP contribution in [-0.4, -0.2) is 30.6 Å². The number of methoxy groups -OCH3 is 1. The number of alkyl halides is 3. The minimum absolute atomic E-state index is 0.103. The predicted octanol–water partition coefficient (Wildman–Crippen LogP) is 4.96. The Balaban J connectivity index is 1.88. The summed E-state index contributed by atoms with van der Waals surface area (Å²) in [5.74, 6) is 0.257. The van der Waals surface area contributed by atoms with E-state index in [9.17, 15) is 18.0 Å². The first kappa shape index (κ1) is 22.5. The van der Waals surface area contributed by atoms with Crippen LogP contribution in [0.5, 0.6) is 11.5 Å². The van der Waals surface area contributed by atoms with Crippen LogP contribution in [0, 0.1) is 16.7 Å². The topological polar surface area (TPSA) is 62.6 Å². The quantitative estimate of drug-likeness (QED) is 0.670. The summed E-state index contributed by atoms with van der Waals surface area (Å²) in [5, 5.41) is 8.96. The number of likely N-dealkylation sites (tertiary alicyclic amines) is 1. The average Bonchev–Trinajstić information content (AvgIpc) is 2.96. The summed E-state index contributed by atoms with van der Waals surface area (Å²) in [4.78, 5) is 14.9. The van der Waals surface area contributed by atoms with Gasteiger partial charge in [0.25, 0.3) is 5.91 Å². The Morgan fingerprint density at radius 2 is 1.90 bits per heavy atom. The van der Waals surface area contributed by atoms with Gasteiger partial charge in [-0.05, 0) is 42.8 Å². The van der Waals surface area contributed by atoms with Gasteiger partial charge in [-0.3, -0.25) is 4.79 Å². The van der Waals surface area contributed by atoms with E-state index >= 15 is 0 Å². The van der Waals surface area contributed by atoms with Gasteiger partial charge in [0.1, 0.15) is 11.5 Å². The summed E-state index contributed by atoms with van der Waals surface area (Å²) in [6.45, 7) is 5.93. The molecule has 5 nitrogen and oxygen atoms in total. The zero-order chi connectivity index (χ0) is 23.0. The number of rotatable bonds is 5. The summed E-state index contributed by atoms with van der Waals surface area (Å²) in [5.41, 5.74) is -1.35. The maximum atomic E-state index is 13.3. The lowest BCUT2D eigenvalue weighted by molar-refractivity contribution is -0.138. The lowest BCUT2D eigenvalue weighted by Gasteiger charge is -2.26. The van der Waals surface area contributed by atoms with Crippen LogP contribution in [0.4, 0.5) is 13.2 Å². The number of halogens is 3. The van der Waals surface area contributed by atoms with Crippen LogP contribution in [0.15, 0.2) is 42.5 Å². The van der Waals surface area contributed by atoms with E-state index in [1.165, 1.54) is 12.1 Å². The van der Waals surface area contributed by atoms with Gasteiger partial charge in [-0.15, -0.1) is 0 Å². The number of carbonyl (C=O) groups excluding carboxylic acids is 1. The highest BCUT2D eigenvalue weighted by atomic mass is 19.4. The zero-order valence-corrected chi connectivity index (χ0v) is 17.7. The molecule has 0 unspecified atom stereocenters. The van der Waals surface area contributed by atoms with Gasteiger partial charge in [-0.25, -0.2) is 0 Å². The molecule has 0 spiro atoms.